The molecule has 0 aromatic heterocycles. The summed E-state index contributed by atoms with van der Waals surface area (Å²) in [4.78, 5) is 40.8. The summed E-state index contributed by atoms with van der Waals surface area (Å²) in [7, 11) is 2.07. The highest BCUT2D eigenvalue weighted by atomic mass is 16.2. The van der Waals surface area contributed by atoms with Gasteiger partial charge >= 0.3 is 0 Å². The van der Waals surface area contributed by atoms with E-state index in [0.717, 1.165) is 36.7 Å². The number of hydrogen-bond acceptors (Lipinski definition) is 5. The summed E-state index contributed by atoms with van der Waals surface area (Å²) in [5.41, 5.74) is 3.07. The van der Waals surface area contributed by atoms with Gasteiger partial charge in [0.25, 0.3) is 5.91 Å². The molecule has 2 bridgehead atoms. The van der Waals surface area contributed by atoms with Crippen molar-refractivity contribution in [3.63, 3.8) is 0 Å². The quantitative estimate of drug-likeness (QED) is 0.743. The number of rotatable bonds is 4. The van der Waals surface area contributed by atoms with E-state index in [4.69, 9.17) is 0 Å². The second-order valence-electron chi connectivity index (χ2n) is 9.20. The van der Waals surface area contributed by atoms with Crippen molar-refractivity contribution in [1.82, 2.24) is 20.4 Å². The van der Waals surface area contributed by atoms with Crippen LogP contribution in [0.4, 0.5) is 0 Å². The first-order valence-electron chi connectivity index (χ1n) is 10.6. The second-order valence-corrected chi connectivity index (χ2v) is 9.20. The van der Waals surface area contributed by atoms with E-state index in [-0.39, 0.29) is 29.7 Å². The Morgan fingerprint density at radius 1 is 1.24 bits per heavy atom. The summed E-state index contributed by atoms with van der Waals surface area (Å²) in [5.74, 6) is 0.0494. The molecule has 3 aliphatic heterocycles. The number of carbonyl (C=O) groups is 3. The van der Waals surface area contributed by atoms with Gasteiger partial charge in [-0.25, -0.2) is 0 Å². The van der Waals surface area contributed by atoms with Crippen LogP contribution in [0.3, 0.4) is 0 Å². The van der Waals surface area contributed by atoms with Gasteiger partial charge in [-0.05, 0) is 55.8 Å². The Morgan fingerprint density at radius 2 is 2.10 bits per heavy atom. The lowest BCUT2D eigenvalue weighted by Crippen LogP contribution is -2.53. The predicted molar refractivity (Wildman–Crippen MR) is 107 cm³/mol. The molecule has 3 amide bonds. The second kappa shape index (κ2) is 6.92. The third-order valence-corrected chi connectivity index (χ3v) is 7.28. The van der Waals surface area contributed by atoms with Crippen molar-refractivity contribution < 1.29 is 14.4 Å². The van der Waals surface area contributed by atoms with E-state index in [2.05, 4.69) is 28.6 Å². The van der Waals surface area contributed by atoms with E-state index in [0.29, 0.717) is 18.5 Å². The Morgan fingerprint density at radius 3 is 2.90 bits per heavy atom. The van der Waals surface area contributed by atoms with Crippen molar-refractivity contribution in [2.75, 3.05) is 20.1 Å². The fraction of sp³-hybridized carbons (Fsp3) is 0.591. The molecule has 1 aromatic rings. The molecule has 7 heteroatoms. The third kappa shape index (κ3) is 3.26. The molecule has 3 fully saturated rings. The molecule has 4 aliphatic rings. The first kappa shape index (κ1) is 18.8. The first-order valence-corrected chi connectivity index (χ1v) is 10.6. The van der Waals surface area contributed by atoms with Crippen molar-refractivity contribution >= 4 is 17.7 Å². The largest absolute Gasteiger partial charge is 0.322 e. The van der Waals surface area contributed by atoms with E-state index < -0.39 is 6.04 Å². The van der Waals surface area contributed by atoms with Crippen molar-refractivity contribution in [2.24, 2.45) is 5.92 Å². The molecule has 1 aliphatic carbocycles. The van der Waals surface area contributed by atoms with Gasteiger partial charge in [0.05, 0.1) is 0 Å². The molecule has 0 radical (unpaired) electrons. The zero-order valence-electron chi connectivity index (χ0n) is 16.9. The van der Waals surface area contributed by atoms with Crippen LogP contribution in [0.25, 0.3) is 0 Å². The van der Waals surface area contributed by atoms with Gasteiger partial charge in [0.2, 0.25) is 11.8 Å². The van der Waals surface area contributed by atoms with Gasteiger partial charge in [0.1, 0.15) is 6.04 Å². The van der Waals surface area contributed by atoms with E-state index in [9.17, 15) is 14.4 Å². The molecule has 5 rings (SSSR count). The predicted octanol–water partition coefficient (Wildman–Crippen LogP) is 1.02. The maximum absolute atomic E-state index is 13.0. The number of amides is 3. The molecule has 29 heavy (non-hydrogen) atoms. The number of nitrogens with zero attached hydrogens (tertiary/aromatic N) is 2. The van der Waals surface area contributed by atoms with Crippen LogP contribution in [0.2, 0.25) is 0 Å². The lowest BCUT2D eigenvalue weighted by atomic mass is 9.91. The number of imide groups is 1. The molecule has 7 nitrogen and oxygen atoms in total. The smallest absolute Gasteiger partial charge is 0.255 e. The minimum Gasteiger partial charge on any atom is -0.322 e. The van der Waals surface area contributed by atoms with Gasteiger partial charge in [0, 0.05) is 43.7 Å². The maximum atomic E-state index is 13.0. The Balaban J connectivity index is 1.31. The van der Waals surface area contributed by atoms with Gasteiger partial charge in [-0.3, -0.25) is 24.6 Å². The number of likely N-dealkylation sites (N-methyl/N-ethyl adjacent to an activating group) is 1. The third-order valence-electron chi connectivity index (χ3n) is 7.28. The summed E-state index contributed by atoms with van der Waals surface area (Å²) < 4.78 is 0. The van der Waals surface area contributed by atoms with Crippen LogP contribution in [0.1, 0.15) is 53.6 Å². The van der Waals surface area contributed by atoms with E-state index >= 15 is 0 Å². The number of likely N-dealkylation sites (tertiary alicyclic amines) is 1. The summed E-state index contributed by atoms with van der Waals surface area (Å²) in [5, 5.41) is 5.92. The van der Waals surface area contributed by atoms with Crippen LogP contribution in [0.15, 0.2) is 18.2 Å². The monoisotopic (exact) mass is 396 g/mol. The summed E-state index contributed by atoms with van der Waals surface area (Å²) in [6, 6.07) is 5.60. The Hall–Kier alpha value is -2.25. The standard InChI is InChI=1S/C22H28N4O3/c1-23-22-7-6-15(9-22)11-25(13-22)10-14-2-3-16-12-26(21(29)17(16)8-14)18-4-5-19(27)24-20(18)28/h2-3,8,15,18,23H,4-7,9-13H2,1H3,(H,24,27,28). The fourth-order valence-corrected chi connectivity index (χ4v) is 5.78. The van der Waals surface area contributed by atoms with Crippen molar-refractivity contribution in [2.45, 2.75) is 56.8 Å². The number of nitrogens with one attached hydrogen (secondary N) is 2. The number of fused-ring (bicyclic) bond motifs is 3. The zero-order chi connectivity index (χ0) is 20.2. The highest BCUT2D eigenvalue weighted by molar-refractivity contribution is 6.05. The molecule has 3 heterocycles. The normalized spacial score (nSPS) is 31.9. The Bertz CT molecular complexity index is 885. The minimum absolute atomic E-state index is 0.0956. The molecule has 3 atom stereocenters. The average Bonchev–Trinajstić information content (AvgIpc) is 3.19. The highest BCUT2D eigenvalue weighted by Crippen LogP contribution is 2.40. The molecule has 1 aromatic carbocycles. The van der Waals surface area contributed by atoms with Crippen LogP contribution in [0, 0.1) is 5.92 Å². The maximum Gasteiger partial charge on any atom is 0.255 e. The number of benzene rings is 1. The number of carbonyl (C=O) groups excluding carboxylic acids is 3. The van der Waals surface area contributed by atoms with Crippen molar-refractivity contribution in [1.29, 1.82) is 0 Å². The Labute approximate surface area is 170 Å². The van der Waals surface area contributed by atoms with Crippen LogP contribution in [0.5, 0.6) is 0 Å². The van der Waals surface area contributed by atoms with Gasteiger partial charge in [-0.1, -0.05) is 12.1 Å². The molecule has 0 spiro atoms. The molecule has 2 saturated heterocycles. The molecular formula is C22H28N4O3. The van der Waals surface area contributed by atoms with Gasteiger partial charge in [-0.15, -0.1) is 0 Å². The number of piperidine rings is 2. The van der Waals surface area contributed by atoms with Gasteiger partial charge < -0.3 is 10.2 Å². The lowest BCUT2D eigenvalue weighted by Gasteiger charge is -2.40. The molecule has 3 unspecified atom stereocenters. The summed E-state index contributed by atoms with van der Waals surface area (Å²) in [6.07, 6.45) is 4.49. The lowest BCUT2D eigenvalue weighted by molar-refractivity contribution is -0.136. The molecule has 1 saturated carbocycles. The van der Waals surface area contributed by atoms with E-state index in [1.807, 2.05) is 12.1 Å². The van der Waals surface area contributed by atoms with Crippen LogP contribution in [-0.2, 0) is 22.7 Å². The van der Waals surface area contributed by atoms with Crippen LogP contribution < -0.4 is 10.6 Å². The highest BCUT2D eigenvalue weighted by Gasteiger charge is 2.44. The summed E-state index contributed by atoms with van der Waals surface area (Å²) >= 11 is 0. The Kier molecular flexibility index (Phi) is 4.47. The van der Waals surface area contributed by atoms with Crippen molar-refractivity contribution in [3.8, 4) is 0 Å². The zero-order valence-corrected chi connectivity index (χ0v) is 16.9. The van der Waals surface area contributed by atoms with Crippen LogP contribution >= 0.6 is 0 Å². The first-order chi connectivity index (χ1) is 14.0. The topological polar surface area (TPSA) is 81.8 Å². The number of hydrogen-bond donors (Lipinski definition) is 2. The van der Waals surface area contributed by atoms with Crippen LogP contribution in [-0.4, -0.2) is 59.2 Å². The molecule has 154 valence electrons. The van der Waals surface area contributed by atoms with Crippen molar-refractivity contribution in [3.05, 3.63) is 34.9 Å². The minimum atomic E-state index is -0.552. The summed E-state index contributed by atoms with van der Waals surface area (Å²) in [6.45, 7) is 3.46. The molecular weight excluding hydrogens is 368 g/mol. The van der Waals surface area contributed by atoms with E-state index in [1.165, 1.54) is 19.3 Å². The van der Waals surface area contributed by atoms with Gasteiger partial charge in [0.15, 0.2) is 0 Å². The average molecular weight is 396 g/mol. The molecule has 2 N–H and O–H groups in total. The SMILES string of the molecule is CNC12CCC(CN(Cc3ccc4c(c3)C(=O)N(C3CCC(=O)NC3=O)C4)C1)C2. The van der Waals surface area contributed by atoms with E-state index in [1.54, 1.807) is 4.90 Å². The van der Waals surface area contributed by atoms with Gasteiger partial charge in [-0.2, -0.15) is 0 Å². The fourth-order valence-electron chi connectivity index (χ4n) is 5.78.